The Morgan fingerprint density at radius 3 is 2.60 bits per heavy atom. The van der Waals surface area contributed by atoms with Crippen molar-refractivity contribution in [3.8, 4) is 5.75 Å². The van der Waals surface area contributed by atoms with Gasteiger partial charge in [-0.1, -0.05) is 30.3 Å². The molecule has 1 aliphatic heterocycles. The third kappa shape index (κ3) is 3.78. The lowest BCUT2D eigenvalue weighted by Crippen LogP contribution is -2.43. The van der Waals surface area contributed by atoms with Crippen molar-refractivity contribution in [2.24, 2.45) is 0 Å². The number of fused-ring (bicyclic) bond motifs is 2. The second-order valence-electron chi connectivity index (χ2n) is 7.41. The summed E-state index contributed by atoms with van der Waals surface area (Å²) in [5.41, 5.74) is 1.86. The number of likely N-dealkylation sites (N-methyl/N-ethyl adjacent to an activating group) is 1. The first-order chi connectivity index (χ1) is 14.4. The maximum Gasteiger partial charge on any atom is 0.243 e. The molecule has 4 rings (SSSR count). The average Bonchev–Trinajstić information content (AvgIpc) is 2.77. The number of nitrogens with zero attached hydrogens (tertiary/aromatic N) is 2. The first kappa shape index (κ1) is 20.4. The van der Waals surface area contributed by atoms with Gasteiger partial charge in [0.25, 0.3) is 0 Å². The van der Waals surface area contributed by atoms with Crippen LogP contribution in [0.1, 0.15) is 12.0 Å². The van der Waals surface area contributed by atoms with Crippen molar-refractivity contribution in [1.82, 2.24) is 4.31 Å². The number of amides is 1. The SMILES string of the molecule is COc1ccc2c(c1)CCCN2C(=O)CN(C)S(=O)(=O)c1ccc2ccccc2c1. The van der Waals surface area contributed by atoms with Gasteiger partial charge in [0.2, 0.25) is 15.9 Å². The Balaban J connectivity index is 1.56. The predicted octanol–water partition coefficient (Wildman–Crippen LogP) is 3.45. The lowest BCUT2D eigenvalue weighted by Gasteiger charge is -2.31. The lowest BCUT2D eigenvalue weighted by atomic mass is 10.0. The molecule has 0 bridgehead atoms. The summed E-state index contributed by atoms with van der Waals surface area (Å²) in [6.45, 7) is 0.350. The van der Waals surface area contributed by atoms with Gasteiger partial charge in [0.15, 0.2) is 0 Å². The molecule has 0 unspecified atom stereocenters. The zero-order valence-corrected chi connectivity index (χ0v) is 17.9. The van der Waals surface area contributed by atoms with Gasteiger partial charge in [0.05, 0.1) is 18.6 Å². The summed E-state index contributed by atoms with van der Waals surface area (Å²) < 4.78 is 32.5. The fourth-order valence-corrected chi connectivity index (χ4v) is 4.98. The molecule has 3 aromatic carbocycles. The minimum atomic E-state index is -3.79. The van der Waals surface area contributed by atoms with Crippen LogP contribution in [0.2, 0.25) is 0 Å². The molecule has 0 saturated carbocycles. The first-order valence-corrected chi connectivity index (χ1v) is 11.3. The predicted molar refractivity (Wildman–Crippen MR) is 117 cm³/mol. The Morgan fingerprint density at radius 2 is 1.83 bits per heavy atom. The van der Waals surface area contributed by atoms with E-state index in [1.807, 2.05) is 42.5 Å². The quantitative estimate of drug-likeness (QED) is 0.629. The maximum absolute atomic E-state index is 13.1. The Labute approximate surface area is 176 Å². The number of carbonyl (C=O) groups excluding carboxylic acids is 1. The Morgan fingerprint density at radius 1 is 1.07 bits per heavy atom. The number of benzene rings is 3. The molecule has 7 heteroatoms. The molecule has 1 amide bonds. The van der Waals surface area contributed by atoms with E-state index in [2.05, 4.69) is 0 Å². The number of methoxy groups -OCH3 is 1. The molecule has 0 fully saturated rings. The minimum Gasteiger partial charge on any atom is -0.497 e. The lowest BCUT2D eigenvalue weighted by molar-refractivity contribution is -0.118. The van der Waals surface area contributed by atoms with E-state index in [1.54, 1.807) is 30.2 Å². The van der Waals surface area contributed by atoms with E-state index >= 15 is 0 Å². The highest BCUT2D eigenvalue weighted by atomic mass is 32.2. The molecule has 3 aromatic rings. The fraction of sp³-hybridized carbons (Fsp3) is 0.261. The molecule has 0 aliphatic carbocycles. The summed E-state index contributed by atoms with van der Waals surface area (Å²) in [6, 6.07) is 18.2. The molecule has 30 heavy (non-hydrogen) atoms. The van der Waals surface area contributed by atoms with Crippen molar-refractivity contribution in [3.63, 3.8) is 0 Å². The molecule has 0 aromatic heterocycles. The van der Waals surface area contributed by atoms with Gasteiger partial charge >= 0.3 is 0 Å². The van der Waals surface area contributed by atoms with Crippen molar-refractivity contribution in [2.45, 2.75) is 17.7 Å². The van der Waals surface area contributed by atoms with Crippen molar-refractivity contribution in [2.75, 3.05) is 32.1 Å². The minimum absolute atomic E-state index is 0.181. The van der Waals surface area contributed by atoms with Crippen LogP contribution >= 0.6 is 0 Å². The summed E-state index contributed by atoms with van der Waals surface area (Å²) in [6.07, 6.45) is 1.69. The molecule has 1 heterocycles. The van der Waals surface area contributed by atoms with Gasteiger partial charge in [0, 0.05) is 19.3 Å². The molecule has 0 N–H and O–H groups in total. The van der Waals surface area contributed by atoms with Crippen molar-refractivity contribution in [1.29, 1.82) is 0 Å². The van der Waals surface area contributed by atoms with Crippen LogP contribution in [0.25, 0.3) is 10.8 Å². The van der Waals surface area contributed by atoms with Crippen molar-refractivity contribution >= 4 is 32.4 Å². The smallest absolute Gasteiger partial charge is 0.243 e. The topological polar surface area (TPSA) is 66.9 Å². The molecule has 0 spiro atoms. The Kier molecular flexibility index (Phi) is 5.49. The highest BCUT2D eigenvalue weighted by molar-refractivity contribution is 7.89. The summed E-state index contributed by atoms with van der Waals surface area (Å²) >= 11 is 0. The van der Waals surface area contributed by atoms with E-state index in [-0.39, 0.29) is 17.3 Å². The van der Waals surface area contributed by atoms with Gasteiger partial charge in [-0.05, 0) is 59.5 Å². The molecular formula is C23H24N2O4S. The number of ether oxygens (including phenoxy) is 1. The van der Waals surface area contributed by atoms with Gasteiger partial charge in [-0.25, -0.2) is 8.42 Å². The average molecular weight is 425 g/mol. The van der Waals surface area contributed by atoms with Crippen LogP contribution in [0.3, 0.4) is 0 Å². The van der Waals surface area contributed by atoms with Crippen LogP contribution in [0, 0.1) is 0 Å². The highest BCUT2D eigenvalue weighted by Gasteiger charge is 2.28. The number of hydrogen-bond donors (Lipinski definition) is 0. The number of rotatable bonds is 5. The molecular weight excluding hydrogens is 400 g/mol. The second kappa shape index (κ2) is 8.08. The molecule has 0 saturated heterocycles. The largest absolute Gasteiger partial charge is 0.497 e. The molecule has 6 nitrogen and oxygen atoms in total. The zero-order chi connectivity index (χ0) is 21.3. The van der Waals surface area contributed by atoms with Crippen LogP contribution in [0.5, 0.6) is 5.75 Å². The van der Waals surface area contributed by atoms with E-state index in [1.165, 1.54) is 7.05 Å². The van der Waals surface area contributed by atoms with E-state index in [4.69, 9.17) is 4.74 Å². The number of anilines is 1. The van der Waals surface area contributed by atoms with E-state index in [9.17, 15) is 13.2 Å². The zero-order valence-electron chi connectivity index (χ0n) is 17.0. The van der Waals surface area contributed by atoms with E-state index < -0.39 is 10.0 Å². The molecule has 1 aliphatic rings. The van der Waals surface area contributed by atoms with Gasteiger partial charge in [0.1, 0.15) is 5.75 Å². The number of aryl methyl sites for hydroxylation is 1. The molecule has 0 radical (unpaired) electrons. The monoisotopic (exact) mass is 424 g/mol. The van der Waals surface area contributed by atoms with Gasteiger partial charge in [-0.15, -0.1) is 0 Å². The summed E-state index contributed by atoms with van der Waals surface area (Å²) in [5.74, 6) is 0.507. The van der Waals surface area contributed by atoms with E-state index in [0.717, 1.165) is 44.9 Å². The third-order valence-corrected chi connectivity index (χ3v) is 7.29. The second-order valence-corrected chi connectivity index (χ2v) is 9.46. The first-order valence-electron chi connectivity index (χ1n) is 9.82. The van der Waals surface area contributed by atoms with Crippen molar-refractivity contribution < 1.29 is 17.9 Å². The van der Waals surface area contributed by atoms with Crippen LogP contribution in [0.15, 0.2) is 65.6 Å². The molecule has 156 valence electrons. The van der Waals surface area contributed by atoms with Crippen LogP contribution in [-0.4, -0.2) is 45.9 Å². The number of hydrogen-bond acceptors (Lipinski definition) is 4. The van der Waals surface area contributed by atoms with Crippen LogP contribution in [-0.2, 0) is 21.2 Å². The summed E-state index contributed by atoms with van der Waals surface area (Å²) in [5, 5.41) is 1.81. The normalized spacial score (nSPS) is 14.0. The van der Waals surface area contributed by atoms with Crippen LogP contribution < -0.4 is 9.64 Å². The summed E-state index contributed by atoms with van der Waals surface area (Å²) in [7, 11) is -0.729. The third-order valence-electron chi connectivity index (χ3n) is 5.49. The highest BCUT2D eigenvalue weighted by Crippen LogP contribution is 2.31. The maximum atomic E-state index is 13.1. The van der Waals surface area contributed by atoms with Gasteiger partial charge in [-0.2, -0.15) is 4.31 Å². The Bertz CT molecular complexity index is 1210. The van der Waals surface area contributed by atoms with Crippen molar-refractivity contribution in [3.05, 3.63) is 66.2 Å². The molecule has 0 atom stereocenters. The number of sulfonamides is 1. The summed E-state index contributed by atoms with van der Waals surface area (Å²) in [4.78, 5) is 14.9. The standard InChI is InChI=1S/C23H24N2O4S/c1-24(30(27,28)21-11-9-17-6-3-4-7-18(17)15-21)16-23(26)25-13-5-8-19-14-20(29-2)10-12-22(19)25/h3-4,6-7,9-12,14-15H,5,8,13,16H2,1-2H3. The van der Waals surface area contributed by atoms with Gasteiger partial charge < -0.3 is 9.64 Å². The van der Waals surface area contributed by atoms with Gasteiger partial charge in [-0.3, -0.25) is 4.79 Å². The number of carbonyl (C=O) groups is 1. The van der Waals surface area contributed by atoms with E-state index in [0.29, 0.717) is 6.54 Å². The van der Waals surface area contributed by atoms with Crippen LogP contribution in [0.4, 0.5) is 5.69 Å². The fourth-order valence-electron chi connectivity index (χ4n) is 3.83. The Hall–Kier alpha value is -2.90.